The monoisotopic (exact) mass is 287 g/mol. The van der Waals surface area contributed by atoms with Gasteiger partial charge < -0.3 is 10.1 Å². The summed E-state index contributed by atoms with van der Waals surface area (Å²) in [6.45, 7) is 2.88. The van der Waals surface area contributed by atoms with Crippen LogP contribution in [0.5, 0.6) is 5.75 Å². The highest BCUT2D eigenvalue weighted by molar-refractivity contribution is 5.48. The SMILES string of the molecule is Cc1cnc(NCCCOc2ccccc2)cc1[N+](=O)[O-]. The second-order valence-electron chi connectivity index (χ2n) is 4.55. The first-order valence-electron chi connectivity index (χ1n) is 6.69. The number of anilines is 1. The van der Waals surface area contributed by atoms with E-state index in [-0.39, 0.29) is 5.69 Å². The number of pyridine rings is 1. The molecule has 6 heteroatoms. The van der Waals surface area contributed by atoms with Crippen molar-refractivity contribution < 1.29 is 9.66 Å². The number of para-hydroxylation sites is 1. The van der Waals surface area contributed by atoms with Crippen molar-refractivity contribution >= 4 is 11.5 Å². The van der Waals surface area contributed by atoms with Gasteiger partial charge in [-0.25, -0.2) is 4.98 Å². The van der Waals surface area contributed by atoms with Gasteiger partial charge in [0, 0.05) is 18.3 Å². The van der Waals surface area contributed by atoms with Crippen molar-refractivity contribution in [3.63, 3.8) is 0 Å². The molecule has 0 aliphatic carbocycles. The molecule has 0 spiro atoms. The van der Waals surface area contributed by atoms with E-state index in [2.05, 4.69) is 10.3 Å². The van der Waals surface area contributed by atoms with Crippen LogP contribution in [-0.4, -0.2) is 23.1 Å². The molecule has 0 saturated heterocycles. The summed E-state index contributed by atoms with van der Waals surface area (Å²) in [7, 11) is 0. The highest BCUT2D eigenvalue weighted by Crippen LogP contribution is 2.19. The number of nitrogens with zero attached hydrogens (tertiary/aromatic N) is 2. The Morgan fingerprint density at radius 1 is 1.33 bits per heavy atom. The Kier molecular flexibility index (Phi) is 5.09. The van der Waals surface area contributed by atoms with Crippen LogP contribution in [0.4, 0.5) is 11.5 Å². The number of hydrogen-bond acceptors (Lipinski definition) is 5. The summed E-state index contributed by atoms with van der Waals surface area (Å²) in [4.78, 5) is 14.6. The Hall–Kier alpha value is -2.63. The normalized spacial score (nSPS) is 10.1. The first-order chi connectivity index (χ1) is 10.2. The van der Waals surface area contributed by atoms with Crippen LogP contribution in [-0.2, 0) is 0 Å². The van der Waals surface area contributed by atoms with Crippen molar-refractivity contribution in [2.45, 2.75) is 13.3 Å². The summed E-state index contributed by atoms with van der Waals surface area (Å²) in [6, 6.07) is 11.0. The first kappa shape index (κ1) is 14.8. The summed E-state index contributed by atoms with van der Waals surface area (Å²) in [5.41, 5.74) is 0.631. The molecule has 0 aliphatic rings. The third kappa shape index (κ3) is 4.45. The second-order valence-corrected chi connectivity index (χ2v) is 4.55. The largest absolute Gasteiger partial charge is 0.494 e. The molecule has 1 N–H and O–H groups in total. The smallest absolute Gasteiger partial charge is 0.277 e. The van der Waals surface area contributed by atoms with Gasteiger partial charge in [0.1, 0.15) is 11.6 Å². The van der Waals surface area contributed by atoms with E-state index in [1.807, 2.05) is 30.3 Å². The third-order valence-corrected chi connectivity index (χ3v) is 2.91. The fourth-order valence-electron chi connectivity index (χ4n) is 1.80. The third-order valence-electron chi connectivity index (χ3n) is 2.91. The van der Waals surface area contributed by atoms with E-state index in [1.54, 1.807) is 6.92 Å². The topological polar surface area (TPSA) is 77.3 Å². The minimum atomic E-state index is -0.402. The van der Waals surface area contributed by atoms with Crippen LogP contribution in [0.1, 0.15) is 12.0 Å². The molecular formula is C15H17N3O3. The van der Waals surface area contributed by atoms with Crippen molar-refractivity contribution in [2.75, 3.05) is 18.5 Å². The number of nitrogens with one attached hydrogen (secondary N) is 1. The standard InChI is InChI=1S/C15H17N3O3/c1-12-11-17-15(10-14(12)18(19)20)16-8-5-9-21-13-6-3-2-4-7-13/h2-4,6-7,10-11H,5,8-9H2,1H3,(H,16,17). The Bertz CT molecular complexity index is 602. The Morgan fingerprint density at radius 2 is 2.10 bits per heavy atom. The fraction of sp³-hybridized carbons (Fsp3) is 0.267. The number of rotatable bonds is 7. The first-order valence-corrected chi connectivity index (χ1v) is 6.69. The lowest BCUT2D eigenvalue weighted by Crippen LogP contribution is -2.08. The van der Waals surface area contributed by atoms with E-state index in [0.717, 1.165) is 12.2 Å². The highest BCUT2D eigenvalue weighted by atomic mass is 16.6. The lowest BCUT2D eigenvalue weighted by molar-refractivity contribution is -0.385. The van der Waals surface area contributed by atoms with Crippen LogP contribution in [0.25, 0.3) is 0 Å². The van der Waals surface area contributed by atoms with Gasteiger partial charge in [-0.2, -0.15) is 0 Å². The maximum absolute atomic E-state index is 10.8. The van der Waals surface area contributed by atoms with Gasteiger partial charge in [-0.1, -0.05) is 18.2 Å². The number of hydrogen-bond donors (Lipinski definition) is 1. The van der Waals surface area contributed by atoms with Crippen molar-refractivity contribution in [3.05, 3.63) is 58.3 Å². The summed E-state index contributed by atoms with van der Waals surface area (Å²) < 4.78 is 5.56. The molecule has 2 rings (SSSR count). The van der Waals surface area contributed by atoms with Crippen molar-refractivity contribution in [3.8, 4) is 5.75 Å². The van der Waals surface area contributed by atoms with Crippen LogP contribution in [0.15, 0.2) is 42.6 Å². The lowest BCUT2D eigenvalue weighted by Gasteiger charge is -2.08. The molecule has 0 aliphatic heterocycles. The molecule has 0 fully saturated rings. The molecular weight excluding hydrogens is 270 g/mol. The van der Waals surface area contributed by atoms with Gasteiger partial charge in [-0.3, -0.25) is 10.1 Å². The van der Waals surface area contributed by atoms with Gasteiger partial charge in [0.15, 0.2) is 0 Å². The van der Waals surface area contributed by atoms with Gasteiger partial charge in [-0.15, -0.1) is 0 Å². The average Bonchev–Trinajstić information content (AvgIpc) is 2.49. The van der Waals surface area contributed by atoms with Crippen LogP contribution in [0.3, 0.4) is 0 Å². The number of ether oxygens (including phenoxy) is 1. The van der Waals surface area contributed by atoms with E-state index in [4.69, 9.17) is 4.74 Å². The zero-order chi connectivity index (χ0) is 15.1. The Balaban J connectivity index is 1.76. The quantitative estimate of drug-likeness (QED) is 0.481. The summed E-state index contributed by atoms with van der Waals surface area (Å²) in [6.07, 6.45) is 2.28. The van der Waals surface area contributed by atoms with Gasteiger partial charge in [-0.05, 0) is 25.5 Å². The van der Waals surface area contributed by atoms with E-state index in [9.17, 15) is 10.1 Å². The zero-order valence-electron chi connectivity index (χ0n) is 11.8. The van der Waals surface area contributed by atoms with E-state index in [1.165, 1.54) is 12.3 Å². The van der Waals surface area contributed by atoms with Crippen molar-refractivity contribution in [2.24, 2.45) is 0 Å². The molecule has 0 unspecified atom stereocenters. The molecule has 2 aromatic rings. The second kappa shape index (κ2) is 7.23. The Labute approximate surface area is 122 Å². The van der Waals surface area contributed by atoms with Crippen LogP contribution in [0.2, 0.25) is 0 Å². The van der Waals surface area contributed by atoms with Crippen LogP contribution in [0, 0.1) is 17.0 Å². The van der Waals surface area contributed by atoms with Gasteiger partial charge in [0.05, 0.1) is 17.6 Å². The number of nitro groups is 1. The zero-order valence-corrected chi connectivity index (χ0v) is 11.8. The van der Waals surface area contributed by atoms with E-state index in [0.29, 0.717) is 24.5 Å². The molecule has 1 heterocycles. The molecule has 0 atom stereocenters. The molecule has 0 radical (unpaired) electrons. The molecule has 1 aromatic heterocycles. The number of aryl methyl sites for hydroxylation is 1. The molecule has 0 saturated carbocycles. The molecule has 21 heavy (non-hydrogen) atoms. The van der Waals surface area contributed by atoms with Crippen LogP contribution >= 0.6 is 0 Å². The predicted molar refractivity (Wildman–Crippen MR) is 80.7 cm³/mol. The summed E-state index contributed by atoms with van der Waals surface area (Å²) >= 11 is 0. The molecule has 0 bridgehead atoms. The molecule has 1 aromatic carbocycles. The van der Waals surface area contributed by atoms with Crippen molar-refractivity contribution in [1.82, 2.24) is 4.98 Å². The van der Waals surface area contributed by atoms with Crippen molar-refractivity contribution in [1.29, 1.82) is 0 Å². The van der Waals surface area contributed by atoms with Gasteiger partial charge in [0.2, 0.25) is 0 Å². The number of benzene rings is 1. The van der Waals surface area contributed by atoms with E-state index < -0.39 is 4.92 Å². The molecule has 6 nitrogen and oxygen atoms in total. The molecule has 110 valence electrons. The lowest BCUT2D eigenvalue weighted by atomic mass is 10.2. The van der Waals surface area contributed by atoms with Gasteiger partial charge >= 0.3 is 0 Å². The van der Waals surface area contributed by atoms with E-state index >= 15 is 0 Å². The average molecular weight is 287 g/mol. The van der Waals surface area contributed by atoms with Crippen LogP contribution < -0.4 is 10.1 Å². The summed E-state index contributed by atoms with van der Waals surface area (Å²) in [5.74, 6) is 1.34. The minimum Gasteiger partial charge on any atom is -0.494 e. The minimum absolute atomic E-state index is 0.0769. The fourth-order valence-corrected chi connectivity index (χ4v) is 1.80. The predicted octanol–water partition coefficient (Wildman–Crippen LogP) is 3.18. The maximum atomic E-state index is 10.8. The highest BCUT2D eigenvalue weighted by Gasteiger charge is 2.11. The van der Waals surface area contributed by atoms with Gasteiger partial charge in [0.25, 0.3) is 5.69 Å². The Morgan fingerprint density at radius 3 is 2.81 bits per heavy atom. The summed E-state index contributed by atoms with van der Waals surface area (Å²) in [5, 5.41) is 13.9. The number of aromatic nitrogens is 1. The molecule has 0 amide bonds. The maximum Gasteiger partial charge on any atom is 0.277 e.